The molecule has 0 bridgehead atoms. The fourth-order valence-corrected chi connectivity index (χ4v) is 6.19. The summed E-state index contributed by atoms with van der Waals surface area (Å²) in [6.45, 7) is 2.41. The maximum absolute atomic E-state index is 12.8. The number of nitrogens with zero attached hydrogens (tertiary/aromatic N) is 2. The van der Waals surface area contributed by atoms with Crippen LogP contribution in [-0.4, -0.2) is 66.0 Å². The van der Waals surface area contributed by atoms with Gasteiger partial charge >= 0.3 is 18.2 Å². The van der Waals surface area contributed by atoms with Crippen molar-refractivity contribution in [3.63, 3.8) is 0 Å². The van der Waals surface area contributed by atoms with E-state index in [1.54, 1.807) is 26.6 Å². The molecule has 2 aromatic carbocycles. The Morgan fingerprint density at radius 2 is 1.68 bits per heavy atom. The fraction of sp³-hybridized carbons (Fsp3) is 0.406. The van der Waals surface area contributed by atoms with E-state index in [0.29, 0.717) is 12.6 Å². The summed E-state index contributed by atoms with van der Waals surface area (Å²) in [5, 5.41) is 13.4. The molecule has 1 saturated heterocycles. The Bertz CT molecular complexity index is 1390. The number of amides is 2. The van der Waals surface area contributed by atoms with Gasteiger partial charge in [-0.3, -0.25) is 9.88 Å². The number of carboxylic acids is 1. The monoisotopic (exact) mass is 614 g/mol. The quantitative estimate of drug-likeness (QED) is 0.316. The average Bonchev–Trinajstić information content (AvgIpc) is 3.39. The molecule has 1 aromatic heterocycles. The van der Waals surface area contributed by atoms with Crippen molar-refractivity contribution in [2.75, 3.05) is 20.8 Å². The predicted molar refractivity (Wildman–Crippen MR) is 157 cm³/mol. The zero-order valence-corrected chi connectivity index (χ0v) is 24.6. The number of methoxy groups -OCH3 is 2. The number of aliphatic carboxylic acids is 1. The lowest BCUT2D eigenvalue weighted by Crippen LogP contribution is -2.53. The van der Waals surface area contributed by atoms with E-state index in [1.165, 1.54) is 11.1 Å². The Kier molecular flexibility index (Phi) is 10.7. The van der Waals surface area contributed by atoms with E-state index < -0.39 is 12.1 Å². The summed E-state index contributed by atoms with van der Waals surface area (Å²) in [6.07, 6.45) is 2.33. The third kappa shape index (κ3) is 7.98. The number of nitrogens with one attached hydrogen (secondary N) is 2. The number of likely N-dealkylation sites (tertiary alicyclic amines) is 1. The predicted octanol–water partition coefficient (Wildman–Crippen LogP) is 5.30. The first-order chi connectivity index (χ1) is 21.1. The summed E-state index contributed by atoms with van der Waals surface area (Å²) >= 11 is 0. The summed E-state index contributed by atoms with van der Waals surface area (Å²) in [5.41, 5.74) is 3.66. The summed E-state index contributed by atoms with van der Waals surface area (Å²) in [6, 6.07) is 21.2. The Balaban J connectivity index is 0.000000566. The second-order valence-corrected chi connectivity index (χ2v) is 10.9. The van der Waals surface area contributed by atoms with Crippen molar-refractivity contribution in [1.82, 2.24) is 20.5 Å². The molecule has 236 valence electrons. The van der Waals surface area contributed by atoms with Crippen LogP contribution in [0.4, 0.5) is 18.0 Å². The molecule has 1 saturated carbocycles. The van der Waals surface area contributed by atoms with E-state index in [9.17, 15) is 18.0 Å². The van der Waals surface area contributed by atoms with Gasteiger partial charge in [-0.05, 0) is 73.2 Å². The number of carbonyl (C=O) groups excluding carboxylic acids is 1. The molecular formula is C32H37F3N4O5. The molecule has 1 aliphatic carbocycles. The highest BCUT2D eigenvalue weighted by molar-refractivity contribution is 5.74. The lowest BCUT2D eigenvalue weighted by Gasteiger charge is -2.45. The van der Waals surface area contributed by atoms with Crippen LogP contribution in [0.2, 0.25) is 0 Å². The van der Waals surface area contributed by atoms with Crippen LogP contribution in [0, 0.1) is 0 Å². The number of urea groups is 1. The van der Waals surface area contributed by atoms with Crippen molar-refractivity contribution in [1.29, 1.82) is 0 Å². The van der Waals surface area contributed by atoms with Crippen molar-refractivity contribution < 1.29 is 37.3 Å². The molecule has 9 nitrogen and oxygen atoms in total. The lowest BCUT2D eigenvalue weighted by atomic mass is 9.65. The average molecular weight is 615 g/mol. The number of carbonyl (C=O) groups is 2. The molecule has 0 radical (unpaired) electrons. The standard InChI is InChI=1S/C30H36N4O3.C2HF3O2/c1-36-26-9-8-24(18-27(26)37-2)30-13-10-25(33-29(35)32-20-22-11-15-31-16-12-22)19-28(30)34(17-14-30)21-23-6-4-3-5-7-23;3-2(4,5)1(6)7/h3-9,11-12,15-16,18,25,28H,10,13-14,17,19-21H2,1-2H3,(H2,32,33,35);(H,6,7). The molecule has 2 heterocycles. The molecule has 3 unspecified atom stereocenters. The van der Waals surface area contributed by atoms with Crippen LogP contribution in [-0.2, 0) is 23.3 Å². The van der Waals surface area contributed by atoms with Gasteiger partial charge in [-0.25, -0.2) is 9.59 Å². The van der Waals surface area contributed by atoms with Crippen LogP contribution in [0.15, 0.2) is 73.1 Å². The SMILES string of the molecule is COc1ccc(C23CCC(NC(=O)NCc4ccncc4)CC2N(Cc2ccccc2)CC3)cc1OC.O=C(O)C(F)(F)F. The van der Waals surface area contributed by atoms with Crippen molar-refractivity contribution in [3.05, 3.63) is 89.7 Å². The van der Waals surface area contributed by atoms with E-state index in [2.05, 4.69) is 63.0 Å². The van der Waals surface area contributed by atoms with Gasteiger partial charge in [0, 0.05) is 43.0 Å². The maximum atomic E-state index is 12.8. The first-order valence-corrected chi connectivity index (χ1v) is 14.3. The van der Waals surface area contributed by atoms with Crippen LogP contribution in [0.5, 0.6) is 11.5 Å². The van der Waals surface area contributed by atoms with Crippen LogP contribution < -0.4 is 20.1 Å². The Hall–Kier alpha value is -4.32. The zero-order valence-electron chi connectivity index (χ0n) is 24.6. The van der Waals surface area contributed by atoms with Crippen LogP contribution >= 0.6 is 0 Å². The topological polar surface area (TPSA) is 113 Å². The second-order valence-electron chi connectivity index (χ2n) is 10.9. The highest BCUT2D eigenvalue weighted by atomic mass is 19.4. The lowest BCUT2D eigenvalue weighted by molar-refractivity contribution is -0.192. The van der Waals surface area contributed by atoms with Gasteiger partial charge in [-0.15, -0.1) is 0 Å². The van der Waals surface area contributed by atoms with Crippen molar-refractivity contribution >= 4 is 12.0 Å². The van der Waals surface area contributed by atoms with Crippen molar-refractivity contribution in [2.45, 2.75) is 62.4 Å². The van der Waals surface area contributed by atoms with Crippen LogP contribution in [0.3, 0.4) is 0 Å². The number of halogens is 3. The molecule has 0 spiro atoms. The van der Waals surface area contributed by atoms with E-state index in [1.807, 2.05) is 18.2 Å². The van der Waals surface area contributed by atoms with Gasteiger partial charge in [-0.2, -0.15) is 13.2 Å². The molecule has 5 rings (SSSR count). The number of hydrogen-bond acceptors (Lipinski definition) is 6. The van der Waals surface area contributed by atoms with Gasteiger partial charge in [-0.1, -0.05) is 36.4 Å². The van der Waals surface area contributed by atoms with Crippen LogP contribution in [0.25, 0.3) is 0 Å². The van der Waals surface area contributed by atoms with Gasteiger partial charge in [0.1, 0.15) is 0 Å². The molecule has 3 atom stereocenters. The number of aromatic nitrogens is 1. The van der Waals surface area contributed by atoms with Gasteiger partial charge in [0.2, 0.25) is 0 Å². The van der Waals surface area contributed by atoms with Gasteiger partial charge in [0.25, 0.3) is 0 Å². The Labute approximate surface area is 254 Å². The fourth-order valence-electron chi connectivity index (χ4n) is 6.19. The van der Waals surface area contributed by atoms with Crippen molar-refractivity contribution in [3.8, 4) is 11.5 Å². The molecule has 1 aliphatic heterocycles. The number of hydrogen-bond donors (Lipinski definition) is 3. The van der Waals surface area contributed by atoms with E-state index in [-0.39, 0.29) is 17.5 Å². The minimum Gasteiger partial charge on any atom is -0.493 e. The minimum atomic E-state index is -5.08. The summed E-state index contributed by atoms with van der Waals surface area (Å²) in [5.74, 6) is -1.24. The molecule has 2 amide bonds. The maximum Gasteiger partial charge on any atom is 0.490 e. The highest BCUT2D eigenvalue weighted by Gasteiger charge is 2.51. The smallest absolute Gasteiger partial charge is 0.490 e. The Morgan fingerprint density at radius 3 is 2.32 bits per heavy atom. The summed E-state index contributed by atoms with van der Waals surface area (Å²) in [7, 11) is 3.37. The van der Waals surface area contributed by atoms with Crippen molar-refractivity contribution in [2.24, 2.45) is 0 Å². The first-order valence-electron chi connectivity index (χ1n) is 14.3. The normalized spacial score (nSPS) is 21.3. The number of carboxylic acid groups (broad SMARTS) is 1. The highest BCUT2D eigenvalue weighted by Crippen LogP contribution is 2.50. The number of fused-ring (bicyclic) bond motifs is 1. The van der Waals surface area contributed by atoms with Gasteiger partial charge in [0.05, 0.1) is 14.2 Å². The second kappa shape index (κ2) is 14.4. The number of ether oxygens (including phenoxy) is 2. The molecule has 2 aliphatic rings. The molecule has 3 aromatic rings. The third-order valence-corrected chi connectivity index (χ3v) is 8.34. The molecular weight excluding hydrogens is 577 g/mol. The number of alkyl halides is 3. The number of rotatable bonds is 8. The molecule has 3 N–H and O–H groups in total. The molecule has 12 heteroatoms. The molecule has 2 fully saturated rings. The van der Waals surface area contributed by atoms with Gasteiger partial charge in [0.15, 0.2) is 11.5 Å². The largest absolute Gasteiger partial charge is 0.493 e. The Morgan fingerprint density at radius 1 is 1.00 bits per heavy atom. The minimum absolute atomic E-state index is 0.0139. The first kappa shape index (κ1) is 32.6. The third-order valence-electron chi connectivity index (χ3n) is 8.34. The number of benzene rings is 2. The molecule has 44 heavy (non-hydrogen) atoms. The summed E-state index contributed by atoms with van der Waals surface area (Å²) < 4.78 is 42.9. The van der Waals surface area contributed by atoms with Gasteiger partial charge < -0.3 is 25.2 Å². The summed E-state index contributed by atoms with van der Waals surface area (Å²) in [4.78, 5) is 28.3. The van der Waals surface area contributed by atoms with E-state index in [4.69, 9.17) is 19.4 Å². The van der Waals surface area contributed by atoms with Crippen LogP contribution in [0.1, 0.15) is 42.4 Å². The zero-order chi connectivity index (χ0) is 31.7. The van der Waals surface area contributed by atoms with E-state index >= 15 is 0 Å². The van der Waals surface area contributed by atoms with E-state index in [0.717, 1.165) is 55.8 Å². The number of pyridine rings is 1.